The summed E-state index contributed by atoms with van der Waals surface area (Å²) in [7, 11) is 0. The molecular formula is C14H17N2O3+. The van der Waals surface area contributed by atoms with Crippen LogP contribution in [0.5, 0.6) is 5.75 Å². The summed E-state index contributed by atoms with van der Waals surface area (Å²) in [5.41, 5.74) is 7.47. The highest BCUT2D eigenvalue weighted by molar-refractivity contribution is 5.81. The molecule has 5 nitrogen and oxygen atoms in total. The molecule has 1 amide bonds. The van der Waals surface area contributed by atoms with Gasteiger partial charge in [-0.05, 0) is 26.3 Å². The Morgan fingerprint density at radius 3 is 2.79 bits per heavy atom. The Kier molecular flexibility index (Phi) is 2.42. The highest BCUT2D eigenvalue weighted by atomic mass is 16.5. The largest absolute Gasteiger partial charge is 0.487 e. The number of nitrogens with two attached hydrogens (primary N) is 1. The van der Waals surface area contributed by atoms with Crippen molar-refractivity contribution in [3.8, 4) is 5.75 Å². The number of nitrogens with one attached hydrogen (secondary N) is 1. The van der Waals surface area contributed by atoms with Crippen LogP contribution in [0.15, 0.2) is 12.1 Å². The van der Waals surface area contributed by atoms with Crippen molar-refractivity contribution in [2.24, 2.45) is 11.7 Å². The number of benzene rings is 1. The molecule has 1 aliphatic carbocycles. The highest BCUT2D eigenvalue weighted by Crippen LogP contribution is 2.51. The summed E-state index contributed by atoms with van der Waals surface area (Å²) in [4.78, 5) is 22.3. The number of hydrogen-bond donors (Lipinski definition) is 2. The van der Waals surface area contributed by atoms with Crippen LogP contribution in [0.4, 0.5) is 5.69 Å². The fraction of sp³-hybridized carbons (Fsp3) is 0.500. The second-order valence-electron chi connectivity index (χ2n) is 6.04. The summed E-state index contributed by atoms with van der Waals surface area (Å²) in [5, 5.41) is 1.98. The lowest BCUT2D eigenvalue weighted by Gasteiger charge is -2.16. The molecule has 1 aromatic carbocycles. The minimum atomic E-state index is -0.302. The molecule has 2 atom stereocenters. The first-order valence-electron chi connectivity index (χ1n) is 6.44. The van der Waals surface area contributed by atoms with Crippen molar-refractivity contribution >= 4 is 11.6 Å². The Labute approximate surface area is 111 Å². The first-order chi connectivity index (χ1) is 8.91. The van der Waals surface area contributed by atoms with Gasteiger partial charge in [0.2, 0.25) is 5.91 Å². The first-order valence-corrected chi connectivity index (χ1v) is 6.44. The van der Waals surface area contributed by atoms with Gasteiger partial charge in [0.05, 0.1) is 0 Å². The van der Waals surface area contributed by atoms with Gasteiger partial charge in [-0.1, -0.05) is 0 Å². The fourth-order valence-electron chi connectivity index (χ4n) is 2.91. The molecule has 1 fully saturated rings. The van der Waals surface area contributed by atoms with Crippen molar-refractivity contribution < 1.29 is 14.7 Å². The molecule has 0 radical (unpaired) electrons. The van der Waals surface area contributed by atoms with Gasteiger partial charge >= 0.3 is 0 Å². The number of fused-ring (bicyclic) bond motifs is 1. The SMILES string of the molecule is CC1(C)Cc2cc([NH+]=O)c([C@@H]3C[C@H]3C(N)=O)cc2O1. The first kappa shape index (κ1) is 12.1. The third kappa shape index (κ3) is 1.99. The summed E-state index contributed by atoms with van der Waals surface area (Å²) in [6.07, 6.45) is 1.49. The Balaban J connectivity index is 1.99. The average molecular weight is 261 g/mol. The number of nitroso groups, excluding NO2 is 1. The van der Waals surface area contributed by atoms with Crippen LogP contribution >= 0.6 is 0 Å². The summed E-state index contributed by atoms with van der Waals surface area (Å²) < 4.78 is 5.86. The van der Waals surface area contributed by atoms with E-state index in [4.69, 9.17) is 10.5 Å². The monoisotopic (exact) mass is 261 g/mol. The molecule has 100 valence electrons. The molecule has 0 unspecified atom stereocenters. The molecule has 2 aliphatic rings. The van der Waals surface area contributed by atoms with E-state index in [1.165, 1.54) is 0 Å². The van der Waals surface area contributed by atoms with Crippen LogP contribution in [0.25, 0.3) is 0 Å². The molecule has 0 spiro atoms. The third-order valence-corrected chi connectivity index (χ3v) is 3.90. The number of amides is 1. The third-order valence-electron chi connectivity index (χ3n) is 3.90. The van der Waals surface area contributed by atoms with Crippen molar-refractivity contribution in [1.82, 2.24) is 0 Å². The van der Waals surface area contributed by atoms with E-state index in [1.807, 2.05) is 31.2 Å². The number of ether oxygens (including phenoxy) is 1. The van der Waals surface area contributed by atoms with Gasteiger partial charge in [0.1, 0.15) is 11.4 Å². The quantitative estimate of drug-likeness (QED) is 0.829. The fourth-order valence-corrected chi connectivity index (χ4v) is 2.91. The second-order valence-corrected chi connectivity index (χ2v) is 6.04. The van der Waals surface area contributed by atoms with Gasteiger partial charge in [0, 0.05) is 45.5 Å². The lowest BCUT2D eigenvalue weighted by Crippen LogP contribution is -2.56. The number of primary amides is 1. The van der Waals surface area contributed by atoms with E-state index in [2.05, 4.69) is 0 Å². The highest BCUT2D eigenvalue weighted by Gasteiger charge is 2.46. The van der Waals surface area contributed by atoms with Crippen LogP contribution in [0, 0.1) is 10.8 Å². The van der Waals surface area contributed by atoms with Gasteiger partial charge < -0.3 is 10.5 Å². The number of carbonyl (C=O) groups excluding carboxylic acids is 1. The van der Waals surface area contributed by atoms with Crippen LogP contribution in [-0.2, 0) is 11.2 Å². The smallest absolute Gasteiger partial charge is 0.257 e. The van der Waals surface area contributed by atoms with E-state index in [0.29, 0.717) is 12.1 Å². The van der Waals surface area contributed by atoms with Crippen molar-refractivity contribution in [2.75, 3.05) is 0 Å². The van der Waals surface area contributed by atoms with Crippen LogP contribution in [0.3, 0.4) is 0 Å². The zero-order chi connectivity index (χ0) is 13.8. The van der Waals surface area contributed by atoms with Crippen molar-refractivity contribution in [1.29, 1.82) is 0 Å². The summed E-state index contributed by atoms with van der Waals surface area (Å²) in [6, 6.07) is 3.72. The van der Waals surface area contributed by atoms with Crippen LogP contribution in [0.1, 0.15) is 37.3 Å². The molecule has 1 aromatic rings. The Morgan fingerprint density at radius 2 is 2.21 bits per heavy atom. The van der Waals surface area contributed by atoms with Crippen molar-refractivity contribution in [3.05, 3.63) is 28.2 Å². The van der Waals surface area contributed by atoms with E-state index >= 15 is 0 Å². The van der Waals surface area contributed by atoms with E-state index in [-0.39, 0.29) is 23.3 Å². The van der Waals surface area contributed by atoms with Gasteiger partial charge in [-0.15, -0.1) is 0 Å². The Morgan fingerprint density at radius 1 is 1.47 bits per heavy atom. The van der Waals surface area contributed by atoms with E-state index < -0.39 is 0 Å². The molecule has 19 heavy (non-hydrogen) atoms. The number of hydrogen-bond acceptors (Lipinski definition) is 3. The van der Waals surface area contributed by atoms with Crippen LogP contribution < -0.4 is 15.6 Å². The molecule has 5 heteroatoms. The molecule has 3 N–H and O–H groups in total. The molecule has 0 bridgehead atoms. The lowest BCUT2D eigenvalue weighted by atomic mass is 9.98. The molecule has 1 aliphatic heterocycles. The average Bonchev–Trinajstić information content (AvgIpc) is 3.04. The summed E-state index contributed by atoms with van der Waals surface area (Å²) in [5.74, 6) is 0.406. The predicted molar refractivity (Wildman–Crippen MR) is 68.9 cm³/mol. The topological polar surface area (TPSA) is 83.4 Å². The summed E-state index contributed by atoms with van der Waals surface area (Å²) >= 11 is 0. The van der Waals surface area contributed by atoms with E-state index in [0.717, 1.165) is 23.3 Å². The van der Waals surface area contributed by atoms with Gasteiger partial charge in [-0.3, -0.25) is 4.79 Å². The van der Waals surface area contributed by atoms with Crippen molar-refractivity contribution in [3.63, 3.8) is 0 Å². The van der Waals surface area contributed by atoms with Gasteiger partial charge in [0.15, 0.2) is 0 Å². The summed E-state index contributed by atoms with van der Waals surface area (Å²) in [6.45, 7) is 4.03. The van der Waals surface area contributed by atoms with E-state index in [1.54, 1.807) is 0 Å². The van der Waals surface area contributed by atoms with E-state index in [9.17, 15) is 9.70 Å². The molecule has 0 aromatic heterocycles. The van der Waals surface area contributed by atoms with Gasteiger partial charge in [-0.2, -0.15) is 0 Å². The molecule has 3 rings (SSSR count). The molecule has 1 heterocycles. The molecule has 1 saturated carbocycles. The zero-order valence-corrected chi connectivity index (χ0v) is 11.0. The maximum atomic E-state index is 11.2. The van der Waals surface area contributed by atoms with Crippen molar-refractivity contribution in [2.45, 2.75) is 38.2 Å². The number of carbonyl (C=O) groups is 1. The minimum Gasteiger partial charge on any atom is -0.487 e. The second kappa shape index (κ2) is 3.79. The molecular weight excluding hydrogens is 244 g/mol. The number of rotatable bonds is 3. The predicted octanol–water partition coefficient (Wildman–Crippen LogP) is 0.467. The normalized spacial score (nSPS) is 26.4. The van der Waals surface area contributed by atoms with Gasteiger partial charge in [0.25, 0.3) is 5.69 Å². The minimum absolute atomic E-state index is 0.0477. The zero-order valence-electron chi connectivity index (χ0n) is 11.0. The van der Waals surface area contributed by atoms with Crippen LogP contribution in [0.2, 0.25) is 0 Å². The lowest BCUT2D eigenvalue weighted by molar-refractivity contribution is -0.380. The standard InChI is InChI=1S/C14H16N2O3/c1-14(2)6-7-3-11(16-18)9(5-12(7)19-14)8-4-10(8)13(15)17/h3,5,8,10H,4,6H2,1-2H3,(H2,15,17)/p+1/t8-,10+/m0/s1. The Bertz CT molecular complexity index is 580. The van der Waals surface area contributed by atoms with Crippen LogP contribution in [-0.4, -0.2) is 11.5 Å². The maximum Gasteiger partial charge on any atom is 0.257 e. The Hall–Kier alpha value is -1.91. The molecule has 0 saturated heterocycles. The maximum absolute atomic E-state index is 11.2. The van der Waals surface area contributed by atoms with Gasteiger partial charge in [-0.25, -0.2) is 0 Å².